The molecule has 0 saturated carbocycles. The van der Waals surface area contributed by atoms with Crippen LogP contribution in [0.15, 0.2) is 71.6 Å². The SMILES string of the molecule is CN(CC1CCCO1)S(=O)(=O)c1ccc(C(=O)Nc2ccc(Cl)cc2C(=O)c2ccccc2Cl)cc1. The Kier molecular flexibility index (Phi) is 8.12. The highest BCUT2D eigenvalue weighted by molar-refractivity contribution is 7.89. The number of carbonyl (C=O) groups excluding carboxylic acids is 2. The molecule has 1 fully saturated rings. The van der Waals surface area contributed by atoms with Crippen LogP contribution in [0, 0.1) is 0 Å². The highest BCUT2D eigenvalue weighted by Gasteiger charge is 2.26. The number of likely N-dealkylation sites (N-methyl/N-ethyl adjacent to an activating group) is 1. The van der Waals surface area contributed by atoms with Crippen molar-refractivity contribution in [3.05, 3.63) is 93.5 Å². The topological polar surface area (TPSA) is 92.8 Å². The summed E-state index contributed by atoms with van der Waals surface area (Å²) in [5.74, 6) is -0.906. The molecule has 0 bridgehead atoms. The minimum Gasteiger partial charge on any atom is -0.377 e. The maximum atomic E-state index is 13.1. The number of hydrogen-bond acceptors (Lipinski definition) is 5. The van der Waals surface area contributed by atoms with E-state index in [0.29, 0.717) is 11.6 Å². The monoisotopic (exact) mass is 546 g/mol. The maximum Gasteiger partial charge on any atom is 0.255 e. The van der Waals surface area contributed by atoms with E-state index in [4.69, 9.17) is 27.9 Å². The van der Waals surface area contributed by atoms with E-state index in [0.717, 1.165) is 12.8 Å². The Morgan fingerprint density at radius 2 is 1.75 bits per heavy atom. The zero-order valence-corrected chi connectivity index (χ0v) is 21.7. The Balaban J connectivity index is 1.52. The van der Waals surface area contributed by atoms with Crippen LogP contribution in [0.4, 0.5) is 5.69 Å². The van der Waals surface area contributed by atoms with E-state index in [-0.39, 0.29) is 44.9 Å². The Labute approximate surface area is 220 Å². The molecule has 1 aliphatic rings. The summed E-state index contributed by atoms with van der Waals surface area (Å²) >= 11 is 12.3. The third kappa shape index (κ3) is 5.79. The first-order valence-electron chi connectivity index (χ1n) is 11.2. The van der Waals surface area contributed by atoms with Crippen LogP contribution in [-0.2, 0) is 14.8 Å². The van der Waals surface area contributed by atoms with Gasteiger partial charge in [-0.1, -0.05) is 35.3 Å². The van der Waals surface area contributed by atoms with E-state index < -0.39 is 21.7 Å². The number of ether oxygens (including phenoxy) is 1. The van der Waals surface area contributed by atoms with E-state index in [1.54, 1.807) is 30.3 Å². The number of carbonyl (C=O) groups is 2. The first kappa shape index (κ1) is 26.3. The van der Waals surface area contributed by atoms with Gasteiger partial charge in [0.2, 0.25) is 10.0 Å². The van der Waals surface area contributed by atoms with Gasteiger partial charge in [-0.25, -0.2) is 8.42 Å². The number of halogens is 2. The van der Waals surface area contributed by atoms with Crippen LogP contribution in [0.2, 0.25) is 10.0 Å². The van der Waals surface area contributed by atoms with Gasteiger partial charge in [0.25, 0.3) is 5.91 Å². The van der Waals surface area contributed by atoms with Crippen LogP contribution in [0.5, 0.6) is 0 Å². The van der Waals surface area contributed by atoms with Gasteiger partial charge in [0.05, 0.1) is 21.7 Å². The van der Waals surface area contributed by atoms with E-state index in [9.17, 15) is 18.0 Å². The molecule has 1 atom stereocenters. The lowest BCUT2D eigenvalue weighted by Crippen LogP contribution is -2.34. The van der Waals surface area contributed by atoms with Gasteiger partial charge < -0.3 is 10.1 Å². The largest absolute Gasteiger partial charge is 0.377 e. The fourth-order valence-electron chi connectivity index (χ4n) is 3.93. The smallest absolute Gasteiger partial charge is 0.255 e. The molecule has 3 aromatic rings. The molecule has 1 amide bonds. The molecule has 1 unspecified atom stereocenters. The molecule has 7 nitrogen and oxygen atoms in total. The molecule has 36 heavy (non-hydrogen) atoms. The molecular weight excluding hydrogens is 523 g/mol. The van der Waals surface area contributed by atoms with E-state index in [2.05, 4.69) is 5.32 Å². The zero-order valence-electron chi connectivity index (χ0n) is 19.4. The number of rotatable bonds is 8. The summed E-state index contributed by atoms with van der Waals surface area (Å²) in [5.41, 5.74) is 0.932. The van der Waals surface area contributed by atoms with Crippen molar-refractivity contribution in [3.63, 3.8) is 0 Å². The quantitative estimate of drug-likeness (QED) is 0.388. The molecule has 1 saturated heterocycles. The molecule has 0 radical (unpaired) electrons. The fraction of sp³-hybridized carbons (Fsp3) is 0.231. The average molecular weight is 547 g/mol. The molecule has 0 aromatic heterocycles. The average Bonchev–Trinajstić information content (AvgIpc) is 3.38. The lowest BCUT2D eigenvalue weighted by atomic mass is 10.0. The molecular formula is C26H24Cl2N2O5S. The minimum absolute atomic E-state index is 0.0700. The number of nitrogens with zero attached hydrogens (tertiary/aromatic N) is 1. The number of amides is 1. The summed E-state index contributed by atoms with van der Waals surface area (Å²) in [6.07, 6.45) is 1.63. The van der Waals surface area contributed by atoms with Crippen LogP contribution in [0.3, 0.4) is 0 Å². The van der Waals surface area contributed by atoms with Crippen LogP contribution < -0.4 is 5.32 Å². The van der Waals surface area contributed by atoms with Crippen molar-refractivity contribution in [3.8, 4) is 0 Å². The van der Waals surface area contributed by atoms with Crippen LogP contribution in [0.25, 0.3) is 0 Å². The van der Waals surface area contributed by atoms with Gasteiger partial charge >= 0.3 is 0 Å². The van der Waals surface area contributed by atoms with Gasteiger partial charge in [-0.15, -0.1) is 0 Å². The summed E-state index contributed by atoms with van der Waals surface area (Å²) in [4.78, 5) is 26.1. The fourth-order valence-corrected chi connectivity index (χ4v) is 5.53. The number of sulfonamides is 1. The zero-order chi connectivity index (χ0) is 25.9. The molecule has 4 rings (SSSR count). The Bertz CT molecular complexity index is 1390. The number of anilines is 1. The van der Waals surface area contributed by atoms with Crippen LogP contribution >= 0.6 is 23.2 Å². The van der Waals surface area contributed by atoms with Crippen molar-refractivity contribution in [2.75, 3.05) is 25.5 Å². The predicted octanol–water partition coefficient (Wildman–Crippen LogP) is 5.28. The summed E-state index contributed by atoms with van der Waals surface area (Å²) in [6, 6.07) is 16.8. The highest BCUT2D eigenvalue weighted by Crippen LogP contribution is 2.27. The van der Waals surface area contributed by atoms with E-state index in [1.807, 2.05) is 0 Å². The Hall–Kier alpha value is -2.75. The van der Waals surface area contributed by atoms with Crippen molar-refractivity contribution >= 4 is 50.6 Å². The van der Waals surface area contributed by atoms with Gasteiger partial charge in [0.15, 0.2) is 5.78 Å². The molecule has 0 spiro atoms. The maximum absolute atomic E-state index is 13.1. The van der Waals surface area contributed by atoms with Gasteiger partial charge in [0.1, 0.15) is 0 Å². The van der Waals surface area contributed by atoms with Gasteiger partial charge in [0, 0.05) is 41.9 Å². The first-order chi connectivity index (χ1) is 17.2. The van der Waals surface area contributed by atoms with Crippen LogP contribution in [0.1, 0.15) is 39.1 Å². The summed E-state index contributed by atoms with van der Waals surface area (Å²) < 4.78 is 32.6. The lowest BCUT2D eigenvalue weighted by Gasteiger charge is -2.20. The summed E-state index contributed by atoms with van der Waals surface area (Å²) in [6.45, 7) is 0.908. The number of hydrogen-bond donors (Lipinski definition) is 1. The standard InChI is InChI=1S/C26H24Cl2N2O5S/c1-30(16-19-5-4-14-35-19)36(33,34)20-11-8-17(9-12-20)26(32)29-24-13-10-18(27)15-22(24)25(31)21-6-2-3-7-23(21)28/h2-3,6-13,15,19H,4-5,14,16H2,1H3,(H,29,32). The first-order valence-corrected chi connectivity index (χ1v) is 13.4. The Morgan fingerprint density at radius 3 is 2.42 bits per heavy atom. The van der Waals surface area contributed by atoms with E-state index >= 15 is 0 Å². The second-order valence-corrected chi connectivity index (χ2v) is 11.3. The highest BCUT2D eigenvalue weighted by atomic mass is 35.5. The van der Waals surface area contributed by atoms with Crippen molar-refractivity contribution in [2.24, 2.45) is 0 Å². The summed E-state index contributed by atoms with van der Waals surface area (Å²) in [7, 11) is -2.23. The third-order valence-electron chi connectivity index (χ3n) is 5.90. The number of benzene rings is 3. The molecule has 188 valence electrons. The predicted molar refractivity (Wildman–Crippen MR) is 140 cm³/mol. The molecule has 0 aliphatic carbocycles. The molecule has 1 aliphatic heterocycles. The van der Waals surface area contributed by atoms with Gasteiger partial charge in [-0.2, -0.15) is 4.31 Å². The number of nitrogens with one attached hydrogen (secondary N) is 1. The second-order valence-electron chi connectivity index (χ2n) is 8.40. The van der Waals surface area contributed by atoms with Gasteiger partial charge in [-0.05, 0) is 67.4 Å². The molecule has 3 aromatic carbocycles. The molecule has 1 N–H and O–H groups in total. The van der Waals surface area contributed by atoms with E-state index in [1.165, 1.54) is 47.8 Å². The molecule has 10 heteroatoms. The normalized spacial score (nSPS) is 15.7. The summed E-state index contributed by atoms with van der Waals surface area (Å²) in [5, 5.41) is 3.32. The lowest BCUT2D eigenvalue weighted by molar-refractivity contribution is 0.0978. The molecule has 1 heterocycles. The van der Waals surface area contributed by atoms with Crippen molar-refractivity contribution in [1.82, 2.24) is 4.31 Å². The van der Waals surface area contributed by atoms with Crippen molar-refractivity contribution < 1.29 is 22.7 Å². The van der Waals surface area contributed by atoms with Gasteiger partial charge in [-0.3, -0.25) is 9.59 Å². The van der Waals surface area contributed by atoms with Crippen molar-refractivity contribution in [1.29, 1.82) is 0 Å². The second kappa shape index (κ2) is 11.1. The number of ketones is 1. The minimum atomic E-state index is -3.74. The third-order valence-corrected chi connectivity index (χ3v) is 8.30. The van der Waals surface area contributed by atoms with Crippen LogP contribution in [-0.4, -0.2) is 50.7 Å². The van der Waals surface area contributed by atoms with Crippen molar-refractivity contribution in [2.45, 2.75) is 23.8 Å². The Morgan fingerprint density at radius 1 is 1.03 bits per heavy atom.